The van der Waals surface area contributed by atoms with Gasteiger partial charge in [0.1, 0.15) is 0 Å². The number of aromatic carboxylic acids is 1. The number of carboxylic acids is 1. The van der Waals surface area contributed by atoms with Gasteiger partial charge in [-0.1, -0.05) is 18.2 Å². The van der Waals surface area contributed by atoms with E-state index in [2.05, 4.69) is 9.98 Å². The van der Waals surface area contributed by atoms with E-state index in [0.717, 1.165) is 3.57 Å². The van der Waals surface area contributed by atoms with E-state index in [1.54, 1.807) is 24.3 Å². The van der Waals surface area contributed by atoms with Crippen molar-refractivity contribution in [2.75, 3.05) is 0 Å². The van der Waals surface area contributed by atoms with Gasteiger partial charge < -0.3 is 14.6 Å². The van der Waals surface area contributed by atoms with Gasteiger partial charge in [-0.15, -0.1) is 0 Å². The molecule has 0 aliphatic heterocycles. The van der Waals surface area contributed by atoms with Crippen molar-refractivity contribution < 1.29 is 19.4 Å². The number of carbonyl (C=O) groups is 1. The van der Waals surface area contributed by atoms with Crippen LogP contribution in [0.3, 0.4) is 0 Å². The zero-order valence-corrected chi connectivity index (χ0v) is 14.3. The molecule has 0 amide bonds. The van der Waals surface area contributed by atoms with Gasteiger partial charge in [-0.3, -0.25) is 4.99 Å². The Morgan fingerprint density at radius 2 is 1.96 bits per heavy atom. The number of hydrogen-bond donors (Lipinski definition) is 2. The molecule has 0 radical (unpaired) electrons. The predicted octanol–water partition coefficient (Wildman–Crippen LogP) is 4.10. The number of halogens is 1. The number of aromatic hydroxyl groups is 1. The number of aromatic nitrogens is 1. The number of benzene rings is 2. The van der Waals surface area contributed by atoms with Gasteiger partial charge in [0.15, 0.2) is 5.69 Å². The third-order valence-electron chi connectivity index (χ3n) is 3.17. The van der Waals surface area contributed by atoms with Crippen LogP contribution in [0.5, 0.6) is 5.95 Å². The Balaban J connectivity index is 1.94. The first-order chi connectivity index (χ1) is 11.5. The van der Waals surface area contributed by atoms with Crippen LogP contribution >= 0.6 is 22.6 Å². The summed E-state index contributed by atoms with van der Waals surface area (Å²) in [6, 6.07) is 14.0. The molecule has 2 N–H and O–H groups in total. The lowest BCUT2D eigenvalue weighted by atomic mass is 10.2. The normalized spacial score (nSPS) is 11.0. The summed E-state index contributed by atoms with van der Waals surface area (Å²) in [5, 5.41) is 19.1. The molecule has 24 heavy (non-hydrogen) atoms. The fourth-order valence-electron chi connectivity index (χ4n) is 2.04. The molecular weight excluding hydrogens is 423 g/mol. The van der Waals surface area contributed by atoms with E-state index >= 15 is 0 Å². The molecule has 0 unspecified atom stereocenters. The Bertz CT molecular complexity index is 920. The van der Waals surface area contributed by atoms with Crippen molar-refractivity contribution in [3.05, 3.63) is 63.4 Å². The summed E-state index contributed by atoms with van der Waals surface area (Å²) < 4.78 is 6.01. The van der Waals surface area contributed by atoms with Crippen LogP contribution in [-0.2, 0) is 0 Å². The van der Waals surface area contributed by atoms with E-state index in [1.807, 2.05) is 40.8 Å². The number of nitrogens with zero attached hydrogens (tertiary/aromatic N) is 2. The highest BCUT2D eigenvalue weighted by atomic mass is 127. The standard InChI is InChI=1S/C17H11IN2O4/c18-11-6-7-13(12(8-11)16(21)22)19-9-14-17(23)24-15(20-14)10-4-2-1-3-5-10/h1-9,23H,(H,21,22). The van der Waals surface area contributed by atoms with E-state index in [0.29, 0.717) is 5.56 Å². The summed E-state index contributed by atoms with van der Waals surface area (Å²) >= 11 is 2.03. The van der Waals surface area contributed by atoms with Gasteiger partial charge in [0.05, 0.1) is 17.5 Å². The van der Waals surface area contributed by atoms with Crippen molar-refractivity contribution in [1.82, 2.24) is 4.98 Å². The predicted molar refractivity (Wildman–Crippen MR) is 97.0 cm³/mol. The highest BCUT2D eigenvalue weighted by Gasteiger charge is 2.13. The summed E-state index contributed by atoms with van der Waals surface area (Å²) in [5.74, 6) is -1.19. The quantitative estimate of drug-likeness (QED) is 0.476. The van der Waals surface area contributed by atoms with E-state index in [9.17, 15) is 15.0 Å². The molecule has 7 heteroatoms. The Kier molecular flexibility index (Phi) is 4.61. The van der Waals surface area contributed by atoms with Crippen LogP contribution in [0.25, 0.3) is 11.5 Å². The fraction of sp³-hybridized carbons (Fsp3) is 0. The summed E-state index contributed by atoms with van der Waals surface area (Å²) in [4.78, 5) is 19.6. The minimum atomic E-state index is -1.07. The van der Waals surface area contributed by atoms with E-state index in [1.165, 1.54) is 12.3 Å². The molecule has 0 atom stereocenters. The van der Waals surface area contributed by atoms with Gasteiger partial charge in [-0.2, -0.15) is 0 Å². The molecule has 6 nitrogen and oxygen atoms in total. The van der Waals surface area contributed by atoms with Crippen LogP contribution in [0.2, 0.25) is 0 Å². The highest BCUT2D eigenvalue weighted by Crippen LogP contribution is 2.26. The lowest BCUT2D eigenvalue weighted by Gasteiger charge is -2.00. The molecule has 0 bridgehead atoms. The lowest BCUT2D eigenvalue weighted by Crippen LogP contribution is -1.97. The van der Waals surface area contributed by atoms with Crippen LogP contribution in [0.15, 0.2) is 57.9 Å². The molecule has 0 saturated carbocycles. The summed E-state index contributed by atoms with van der Waals surface area (Å²) in [7, 11) is 0. The Morgan fingerprint density at radius 3 is 2.67 bits per heavy atom. The number of oxazole rings is 1. The second-order valence-electron chi connectivity index (χ2n) is 4.80. The van der Waals surface area contributed by atoms with Crippen LogP contribution in [-0.4, -0.2) is 27.4 Å². The highest BCUT2D eigenvalue weighted by molar-refractivity contribution is 14.1. The zero-order valence-electron chi connectivity index (χ0n) is 12.2. The van der Waals surface area contributed by atoms with Crippen molar-refractivity contribution in [3.8, 4) is 17.4 Å². The first-order valence-electron chi connectivity index (χ1n) is 6.86. The molecule has 3 rings (SSSR count). The molecule has 0 aliphatic carbocycles. The molecule has 0 saturated heterocycles. The number of carboxylic acid groups (broad SMARTS) is 1. The van der Waals surface area contributed by atoms with Gasteiger partial charge in [-0.05, 0) is 52.9 Å². The molecule has 2 aromatic carbocycles. The third-order valence-corrected chi connectivity index (χ3v) is 3.84. The monoisotopic (exact) mass is 434 g/mol. The van der Waals surface area contributed by atoms with Crippen molar-refractivity contribution in [2.24, 2.45) is 4.99 Å². The van der Waals surface area contributed by atoms with E-state index in [-0.39, 0.29) is 28.8 Å². The first kappa shape index (κ1) is 16.2. The van der Waals surface area contributed by atoms with Crippen LogP contribution in [0.4, 0.5) is 5.69 Å². The van der Waals surface area contributed by atoms with Crippen molar-refractivity contribution in [2.45, 2.75) is 0 Å². The summed E-state index contributed by atoms with van der Waals surface area (Å²) in [5.41, 5.74) is 1.19. The third kappa shape index (κ3) is 3.46. The average Bonchev–Trinajstić information content (AvgIpc) is 2.95. The van der Waals surface area contributed by atoms with Gasteiger partial charge in [0.2, 0.25) is 5.89 Å². The maximum Gasteiger partial charge on any atom is 0.337 e. The maximum atomic E-state index is 11.3. The summed E-state index contributed by atoms with van der Waals surface area (Å²) in [6.45, 7) is 0. The molecule has 1 heterocycles. The minimum Gasteiger partial charge on any atom is -0.479 e. The zero-order chi connectivity index (χ0) is 17.1. The molecular formula is C17H11IN2O4. The molecule has 0 spiro atoms. The fourth-order valence-corrected chi connectivity index (χ4v) is 2.53. The van der Waals surface area contributed by atoms with Crippen molar-refractivity contribution in [1.29, 1.82) is 0 Å². The topological polar surface area (TPSA) is 95.9 Å². The van der Waals surface area contributed by atoms with Gasteiger partial charge in [0.25, 0.3) is 0 Å². The maximum absolute atomic E-state index is 11.3. The Labute approximate surface area is 150 Å². The largest absolute Gasteiger partial charge is 0.479 e. The van der Waals surface area contributed by atoms with Crippen molar-refractivity contribution in [3.63, 3.8) is 0 Å². The molecule has 3 aromatic rings. The van der Waals surface area contributed by atoms with Gasteiger partial charge in [-0.25, -0.2) is 9.78 Å². The minimum absolute atomic E-state index is 0.0735. The smallest absolute Gasteiger partial charge is 0.337 e. The van der Waals surface area contributed by atoms with Crippen molar-refractivity contribution >= 4 is 40.5 Å². The molecule has 1 aromatic heterocycles. The Hall–Kier alpha value is -2.68. The number of rotatable bonds is 4. The second-order valence-corrected chi connectivity index (χ2v) is 6.05. The average molecular weight is 434 g/mol. The SMILES string of the molecule is O=C(O)c1cc(I)ccc1N=Cc1nc(-c2ccccc2)oc1O. The van der Waals surface area contributed by atoms with Gasteiger partial charge in [0, 0.05) is 9.13 Å². The van der Waals surface area contributed by atoms with Crippen LogP contribution in [0, 0.1) is 3.57 Å². The first-order valence-corrected chi connectivity index (χ1v) is 7.94. The van der Waals surface area contributed by atoms with Crippen LogP contribution < -0.4 is 0 Å². The molecule has 0 aliphatic rings. The lowest BCUT2D eigenvalue weighted by molar-refractivity contribution is 0.0697. The van der Waals surface area contributed by atoms with Crippen LogP contribution in [0.1, 0.15) is 16.1 Å². The van der Waals surface area contributed by atoms with E-state index < -0.39 is 5.97 Å². The molecule has 0 fully saturated rings. The Morgan fingerprint density at radius 1 is 1.21 bits per heavy atom. The van der Waals surface area contributed by atoms with E-state index in [4.69, 9.17) is 4.42 Å². The molecule has 120 valence electrons. The summed E-state index contributed by atoms with van der Waals surface area (Å²) in [6.07, 6.45) is 1.28. The van der Waals surface area contributed by atoms with Gasteiger partial charge >= 0.3 is 11.9 Å². The number of aliphatic imine (C=N–C) groups is 1. The second kappa shape index (κ2) is 6.83. The number of hydrogen-bond acceptors (Lipinski definition) is 5.